The quantitative estimate of drug-likeness (QED) is 0.838. The van der Waals surface area contributed by atoms with E-state index in [1.165, 1.54) is 0 Å². The maximum absolute atomic E-state index is 11.7. The number of benzene rings is 1. The second-order valence-corrected chi connectivity index (χ2v) is 5.83. The second-order valence-electron chi connectivity index (χ2n) is 4.44. The number of amides is 2. The Bertz CT molecular complexity index is 779. The van der Waals surface area contributed by atoms with E-state index in [9.17, 15) is 9.59 Å². The zero-order valence-corrected chi connectivity index (χ0v) is 12.5. The van der Waals surface area contributed by atoms with Crippen molar-refractivity contribution in [2.45, 2.75) is 6.92 Å². The smallest absolute Gasteiger partial charge is 0.290 e. The minimum absolute atomic E-state index is 0.361. The van der Waals surface area contributed by atoms with E-state index in [4.69, 9.17) is 16.0 Å². The maximum atomic E-state index is 11.7. The van der Waals surface area contributed by atoms with Gasteiger partial charge in [0.05, 0.1) is 9.93 Å². The van der Waals surface area contributed by atoms with Crippen molar-refractivity contribution in [1.82, 2.24) is 5.32 Å². The Balaban J connectivity index is 2.00. The molecule has 0 radical (unpaired) electrons. The zero-order valence-electron chi connectivity index (χ0n) is 11.0. The van der Waals surface area contributed by atoms with Gasteiger partial charge < -0.3 is 4.42 Å². The van der Waals surface area contributed by atoms with Gasteiger partial charge in [-0.15, -0.1) is 0 Å². The van der Waals surface area contributed by atoms with Gasteiger partial charge >= 0.3 is 0 Å². The van der Waals surface area contributed by atoms with Crippen LogP contribution in [-0.4, -0.2) is 11.1 Å². The Hall–Kier alpha value is -1.98. The van der Waals surface area contributed by atoms with Crippen molar-refractivity contribution in [3.05, 3.63) is 52.1 Å². The lowest BCUT2D eigenvalue weighted by Gasteiger charge is -2.01. The highest BCUT2D eigenvalue weighted by Crippen LogP contribution is 2.35. The summed E-state index contributed by atoms with van der Waals surface area (Å²) in [6, 6.07) is 10.9. The van der Waals surface area contributed by atoms with E-state index in [1.54, 1.807) is 25.1 Å². The van der Waals surface area contributed by atoms with Gasteiger partial charge in [0.1, 0.15) is 11.5 Å². The van der Waals surface area contributed by atoms with Crippen molar-refractivity contribution in [3.63, 3.8) is 0 Å². The SMILES string of the molecule is CC(=C1SC(=O)NC1=O)c1ccc(-c2ccccc2Cl)o1. The molecular formula is C15H10ClNO3S. The van der Waals surface area contributed by atoms with Crippen LogP contribution in [0.25, 0.3) is 16.9 Å². The van der Waals surface area contributed by atoms with Gasteiger partial charge in [0, 0.05) is 11.1 Å². The maximum Gasteiger partial charge on any atom is 0.290 e. The van der Waals surface area contributed by atoms with Crippen LogP contribution in [0.4, 0.5) is 4.79 Å². The molecule has 1 saturated heterocycles. The van der Waals surface area contributed by atoms with Crippen LogP contribution in [0, 0.1) is 0 Å². The molecule has 1 aliphatic rings. The lowest BCUT2D eigenvalue weighted by Crippen LogP contribution is -2.18. The fourth-order valence-electron chi connectivity index (χ4n) is 2.02. The molecule has 1 fully saturated rings. The number of hydrogen-bond acceptors (Lipinski definition) is 4. The van der Waals surface area contributed by atoms with Crippen LogP contribution >= 0.6 is 23.4 Å². The molecule has 3 rings (SSSR count). The largest absolute Gasteiger partial charge is 0.456 e. The van der Waals surface area contributed by atoms with Crippen molar-refractivity contribution in [1.29, 1.82) is 0 Å². The average molecular weight is 320 g/mol. The van der Waals surface area contributed by atoms with E-state index < -0.39 is 5.91 Å². The molecule has 0 atom stereocenters. The first-order chi connectivity index (χ1) is 10.1. The molecule has 2 heterocycles. The number of imide groups is 1. The number of halogens is 1. The highest BCUT2D eigenvalue weighted by molar-refractivity contribution is 8.18. The number of furan rings is 1. The molecule has 0 spiro atoms. The number of hydrogen-bond donors (Lipinski definition) is 1. The van der Waals surface area contributed by atoms with Crippen molar-refractivity contribution >= 4 is 40.1 Å². The minimum Gasteiger partial charge on any atom is -0.456 e. The topological polar surface area (TPSA) is 59.3 Å². The van der Waals surface area contributed by atoms with E-state index in [1.807, 2.05) is 18.2 Å². The van der Waals surface area contributed by atoms with Crippen LogP contribution in [0.1, 0.15) is 12.7 Å². The van der Waals surface area contributed by atoms with E-state index in [-0.39, 0.29) is 5.24 Å². The molecule has 0 aliphatic carbocycles. The Labute approximate surface area is 130 Å². The predicted molar refractivity (Wildman–Crippen MR) is 82.9 cm³/mol. The molecule has 1 aromatic carbocycles. The third-order valence-electron chi connectivity index (χ3n) is 3.07. The normalized spacial score (nSPS) is 17.0. The van der Waals surface area contributed by atoms with Gasteiger partial charge in [-0.1, -0.05) is 23.7 Å². The summed E-state index contributed by atoms with van der Waals surface area (Å²) in [5.41, 5.74) is 1.41. The highest BCUT2D eigenvalue weighted by Gasteiger charge is 2.28. The first-order valence-corrected chi connectivity index (χ1v) is 7.35. The average Bonchev–Trinajstić information content (AvgIpc) is 3.05. The molecule has 1 N–H and O–H groups in total. The summed E-state index contributed by atoms with van der Waals surface area (Å²) in [7, 11) is 0. The van der Waals surface area contributed by atoms with E-state index in [0.717, 1.165) is 17.3 Å². The van der Waals surface area contributed by atoms with Crippen LogP contribution in [0.15, 0.2) is 45.7 Å². The van der Waals surface area contributed by atoms with Gasteiger partial charge in [0.15, 0.2) is 0 Å². The van der Waals surface area contributed by atoms with Gasteiger partial charge in [-0.2, -0.15) is 0 Å². The van der Waals surface area contributed by atoms with Crippen LogP contribution < -0.4 is 5.32 Å². The predicted octanol–water partition coefficient (Wildman–Crippen LogP) is 4.31. The summed E-state index contributed by atoms with van der Waals surface area (Å²) in [4.78, 5) is 23.2. The fraction of sp³-hybridized carbons (Fsp3) is 0.0667. The summed E-state index contributed by atoms with van der Waals surface area (Å²) in [5, 5.41) is 2.45. The molecule has 0 bridgehead atoms. The number of allylic oxidation sites excluding steroid dienone is 1. The second kappa shape index (κ2) is 5.42. The first kappa shape index (κ1) is 14.0. The Morgan fingerprint density at radius 2 is 1.95 bits per heavy atom. The summed E-state index contributed by atoms with van der Waals surface area (Å²) >= 11 is 7.01. The fourth-order valence-corrected chi connectivity index (χ4v) is 2.97. The standard InChI is InChI=1S/C15H10ClNO3S/c1-8(13-14(18)17-15(19)21-13)11-6-7-12(20-11)9-4-2-3-5-10(9)16/h2-7H,1H3,(H,17,18,19). The summed E-state index contributed by atoms with van der Waals surface area (Å²) in [5.74, 6) is 0.765. The summed E-state index contributed by atoms with van der Waals surface area (Å²) in [6.07, 6.45) is 0. The number of rotatable bonds is 2. The highest BCUT2D eigenvalue weighted by atomic mass is 35.5. The van der Waals surface area contributed by atoms with E-state index in [2.05, 4.69) is 5.32 Å². The number of thioether (sulfide) groups is 1. The van der Waals surface area contributed by atoms with Crippen LogP contribution in [-0.2, 0) is 4.79 Å². The third-order valence-corrected chi connectivity index (χ3v) is 4.38. The molecule has 1 aliphatic heterocycles. The Kier molecular flexibility index (Phi) is 3.61. The molecule has 2 amide bonds. The van der Waals surface area contributed by atoms with Gasteiger partial charge in [-0.05, 0) is 43.0 Å². The summed E-state index contributed by atoms with van der Waals surface area (Å²) < 4.78 is 5.76. The molecule has 4 nitrogen and oxygen atoms in total. The molecular weight excluding hydrogens is 310 g/mol. The number of nitrogens with one attached hydrogen (secondary N) is 1. The minimum atomic E-state index is -0.391. The van der Waals surface area contributed by atoms with Crippen molar-refractivity contribution < 1.29 is 14.0 Å². The van der Waals surface area contributed by atoms with Gasteiger partial charge in [-0.25, -0.2) is 0 Å². The first-order valence-electron chi connectivity index (χ1n) is 6.15. The van der Waals surface area contributed by atoms with Crippen LogP contribution in [0.5, 0.6) is 0 Å². The Morgan fingerprint density at radius 1 is 1.19 bits per heavy atom. The monoisotopic (exact) mass is 319 g/mol. The van der Waals surface area contributed by atoms with Crippen molar-refractivity contribution in [2.24, 2.45) is 0 Å². The molecule has 21 heavy (non-hydrogen) atoms. The molecule has 0 saturated carbocycles. The molecule has 106 valence electrons. The van der Waals surface area contributed by atoms with Gasteiger partial charge in [0.25, 0.3) is 11.1 Å². The van der Waals surface area contributed by atoms with Crippen LogP contribution in [0.3, 0.4) is 0 Å². The van der Waals surface area contributed by atoms with Gasteiger partial charge in [0.2, 0.25) is 0 Å². The molecule has 6 heteroatoms. The third kappa shape index (κ3) is 2.62. The molecule has 0 unspecified atom stereocenters. The number of carbonyl (C=O) groups is 2. The van der Waals surface area contributed by atoms with Crippen molar-refractivity contribution in [2.75, 3.05) is 0 Å². The lowest BCUT2D eigenvalue weighted by molar-refractivity contribution is -0.115. The van der Waals surface area contributed by atoms with E-state index >= 15 is 0 Å². The van der Waals surface area contributed by atoms with Crippen molar-refractivity contribution in [3.8, 4) is 11.3 Å². The van der Waals surface area contributed by atoms with Crippen LogP contribution in [0.2, 0.25) is 5.02 Å². The zero-order chi connectivity index (χ0) is 15.0. The Morgan fingerprint density at radius 3 is 2.62 bits per heavy atom. The number of carbonyl (C=O) groups excluding carboxylic acids is 2. The summed E-state index contributed by atoms with van der Waals surface area (Å²) in [6.45, 7) is 1.75. The molecule has 2 aromatic rings. The lowest BCUT2D eigenvalue weighted by atomic mass is 10.2. The van der Waals surface area contributed by atoms with E-state index in [0.29, 0.717) is 27.0 Å². The molecule has 1 aromatic heterocycles. The van der Waals surface area contributed by atoms with Gasteiger partial charge in [-0.3, -0.25) is 14.9 Å².